The molecule has 2 saturated heterocycles. The molecule has 41 heavy (non-hydrogen) atoms. The van der Waals surface area contributed by atoms with Crippen LogP contribution in [0.15, 0.2) is 31.6 Å². The van der Waals surface area contributed by atoms with Crippen LogP contribution in [0.4, 0.5) is 0 Å². The first kappa shape index (κ1) is 32.6. The molecular formula is C23H30BN5O11P. The number of aliphatic hydroxyl groups excluding tert-OH is 2. The molecule has 4 heterocycles. The van der Waals surface area contributed by atoms with Gasteiger partial charge in [0.15, 0.2) is 0 Å². The van der Waals surface area contributed by atoms with Gasteiger partial charge in [-0.3, -0.25) is 28.7 Å². The summed E-state index contributed by atoms with van der Waals surface area (Å²) in [6, 6.07) is 1.94. The summed E-state index contributed by atoms with van der Waals surface area (Å²) in [7, 11) is -2.14. The molecule has 0 aliphatic carbocycles. The number of aromatic amines is 2. The van der Waals surface area contributed by atoms with Crippen molar-refractivity contribution in [3.05, 3.63) is 65.2 Å². The van der Waals surface area contributed by atoms with E-state index >= 15 is 0 Å². The summed E-state index contributed by atoms with van der Waals surface area (Å²) in [5, 5.41) is 29.3. The second-order valence-electron chi connectivity index (χ2n) is 9.34. The highest BCUT2D eigenvalue weighted by molar-refractivity contribution is 7.41. The van der Waals surface area contributed by atoms with Gasteiger partial charge in [0.1, 0.15) is 24.7 Å². The van der Waals surface area contributed by atoms with Gasteiger partial charge in [-0.1, -0.05) is 0 Å². The van der Waals surface area contributed by atoms with Gasteiger partial charge < -0.3 is 33.3 Å². The van der Waals surface area contributed by atoms with Crippen molar-refractivity contribution in [3.8, 4) is 6.07 Å². The van der Waals surface area contributed by atoms with Gasteiger partial charge in [-0.05, 0) is 13.8 Å². The third kappa shape index (κ3) is 7.67. The Morgan fingerprint density at radius 1 is 1.00 bits per heavy atom. The van der Waals surface area contributed by atoms with Gasteiger partial charge in [0, 0.05) is 44.8 Å². The van der Waals surface area contributed by atoms with Crippen LogP contribution in [-0.4, -0.2) is 82.0 Å². The average Bonchev–Trinajstić information content (AvgIpc) is 3.49. The fourth-order valence-electron chi connectivity index (χ4n) is 4.29. The number of ether oxygens (including phenoxy) is 2. The first-order valence-corrected chi connectivity index (χ1v) is 13.5. The van der Waals surface area contributed by atoms with E-state index in [0.29, 0.717) is 11.1 Å². The van der Waals surface area contributed by atoms with Crippen molar-refractivity contribution in [2.75, 3.05) is 19.8 Å². The Hall–Kier alpha value is -2.94. The zero-order chi connectivity index (χ0) is 29.0. The molecule has 0 aromatic carbocycles. The lowest BCUT2D eigenvalue weighted by Crippen LogP contribution is -2.33. The normalized spacial score (nSPS) is 26.4. The minimum atomic E-state index is -2.14. The quantitative estimate of drug-likeness (QED) is 0.137. The van der Waals surface area contributed by atoms with Gasteiger partial charge in [0.25, 0.3) is 11.1 Å². The van der Waals surface area contributed by atoms with Crippen LogP contribution in [0, 0.1) is 25.2 Å². The Morgan fingerprint density at radius 2 is 1.56 bits per heavy atom. The fraction of sp³-hybridized carbons (Fsp3) is 0.609. The maximum Gasteiger partial charge on any atom is 0.333 e. The maximum absolute atomic E-state index is 12.3. The zero-order valence-corrected chi connectivity index (χ0v) is 23.2. The Balaban J connectivity index is 0.00000462. The minimum Gasteiger partial charge on any atom is -0.394 e. The van der Waals surface area contributed by atoms with Gasteiger partial charge in [0.2, 0.25) is 0 Å². The van der Waals surface area contributed by atoms with Gasteiger partial charge in [-0.2, -0.15) is 5.26 Å². The number of aromatic nitrogens is 4. The van der Waals surface area contributed by atoms with Crippen LogP contribution in [0.2, 0.25) is 0 Å². The molecule has 4 rings (SSSR count). The molecule has 221 valence electrons. The standard InChI is InChI=1S/C23H30N5O11P.B/c1-12-8-27(22(33)25-20(12)31)18-6-14(30)17(38-18)11-36-40(35-5-3-4-24)39-15-7-19(37-16(15)10-29)28-9-13(2)21(32)26-23(28)34;/h8-9,14-19,29-30H,3,5-7,10-11H2,1-2H3,(H,25,31,33)(H,26,32,34);/t14-,15-,16+,17+,18+,19+,40+;/m0./s1. The lowest BCUT2D eigenvalue weighted by atomic mass is 10.2. The van der Waals surface area contributed by atoms with Crippen LogP contribution in [0.5, 0.6) is 0 Å². The van der Waals surface area contributed by atoms with Gasteiger partial charge in [-0.15, -0.1) is 0 Å². The molecule has 2 aromatic heterocycles. The molecule has 16 nitrogen and oxygen atoms in total. The predicted octanol–water partition coefficient (Wildman–Crippen LogP) is -1.19. The average molecular weight is 594 g/mol. The van der Waals surface area contributed by atoms with Crippen LogP contribution < -0.4 is 22.5 Å². The van der Waals surface area contributed by atoms with Gasteiger partial charge in [-0.25, -0.2) is 9.59 Å². The van der Waals surface area contributed by atoms with Crippen molar-refractivity contribution in [1.29, 1.82) is 5.26 Å². The Kier molecular flexibility index (Phi) is 11.4. The summed E-state index contributed by atoms with van der Waals surface area (Å²) in [4.78, 5) is 52.3. The Bertz CT molecular complexity index is 1470. The van der Waals surface area contributed by atoms with Gasteiger partial charge in [0.05, 0.1) is 44.5 Å². The zero-order valence-electron chi connectivity index (χ0n) is 22.3. The summed E-state index contributed by atoms with van der Waals surface area (Å²) < 4.78 is 31.3. The molecule has 0 amide bonds. The fourth-order valence-corrected chi connectivity index (χ4v) is 5.44. The van der Waals surface area contributed by atoms with Crippen molar-refractivity contribution in [2.24, 2.45) is 0 Å². The van der Waals surface area contributed by atoms with E-state index in [4.69, 9.17) is 28.3 Å². The summed E-state index contributed by atoms with van der Waals surface area (Å²) in [6.07, 6.45) is -2.30. The number of nitrogens with one attached hydrogen (secondary N) is 2. The largest absolute Gasteiger partial charge is 0.394 e. The molecule has 0 unspecified atom stereocenters. The highest BCUT2D eigenvalue weighted by atomic mass is 31.2. The molecule has 2 aromatic rings. The second kappa shape index (κ2) is 14.3. The van der Waals surface area contributed by atoms with Crippen LogP contribution in [0.3, 0.4) is 0 Å². The molecule has 3 radical (unpaired) electrons. The van der Waals surface area contributed by atoms with Crippen LogP contribution in [0.1, 0.15) is 42.8 Å². The van der Waals surface area contributed by atoms with Crippen molar-refractivity contribution < 1.29 is 33.3 Å². The Morgan fingerprint density at radius 3 is 2.12 bits per heavy atom. The molecule has 0 bridgehead atoms. The van der Waals surface area contributed by atoms with Crippen LogP contribution in [-0.2, 0) is 23.0 Å². The number of aliphatic hydroxyl groups is 2. The molecular weight excluding hydrogens is 564 g/mol. The van der Waals surface area contributed by atoms with Crippen molar-refractivity contribution in [3.63, 3.8) is 0 Å². The minimum absolute atomic E-state index is 0. The summed E-state index contributed by atoms with van der Waals surface area (Å²) in [6.45, 7) is 2.40. The molecule has 0 saturated carbocycles. The SMILES string of the molecule is Cc1cn([C@H]2C[C@H](O[P@](OCCC#N)OC[C@H]3O[C@@H](n4cc(C)c(=O)[nH]c4=O)C[C@@H]3O)[C@@H](CO)O2)c(=O)[nH]c1=O.[B]. The highest BCUT2D eigenvalue weighted by Crippen LogP contribution is 2.46. The van der Waals surface area contributed by atoms with E-state index in [9.17, 15) is 29.4 Å². The monoisotopic (exact) mass is 594 g/mol. The van der Waals surface area contributed by atoms with E-state index in [2.05, 4.69) is 9.97 Å². The van der Waals surface area contributed by atoms with Crippen molar-refractivity contribution in [2.45, 2.75) is 70.0 Å². The van der Waals surface area contributed by atoms with E-state index in [1.807, 2.05) is 6.07 Å². The second-order valence-corrected chi connectivity index (χ2v) is 10.5. The topological polar surface area (TPSA) is 220 Å². The van der Waals surface area contributed by atoms with Crippen LogP contribution >= 0.6 is 8.60 Å². The first-order chi connectivity index (χ1) is 19.1. The summed E-state index contributed by atoms with van der Waals surface area (Å²) in [5.41, 5.74) is -1.80. The third-order valence-electron chi connectivity index (χ3n) is 6.45. The number of rotatable bonds is 11. The maximum atomic E-state index is 12.3. The molecule has 7 atom stereocenters. The predicted molar refractivity (Wildman–Crippen MR) is 142 cm³/mol. The van der Waals surface area contributed by atoms with E-state index in [-0.39, 0.29) is 40.9 Å². The van der Waals surface area contributed by atoms with E-state index in [1.165, 1.54) is 35.4 Å². The number of aryl methyl sites for hydroxylation is 2. The number of nitriles is 1. The Labute approximate surface area is 236 Å². The molecule has 2 aliphatic rings. The first-order valence-electron chi connectivity index (χ1n) is 12.4. The number of nitrogens with zero attached hydrogens (tertiary/aromatic N) is 3. The van der Waals surface area contributed by atoms with Crippen molar-refractivity contribution >= 4 is 17.0 Å². The number of H-pyrrole nitrogens is 2. The number of hydrogen-bond acceptors (Lipinski definition) is 12. The highest BCUT2D eigenvalue weighted by Gasteiger charge is 2.41. The van der Waals surface area contributed by atoms with E-state index in [1.54, 1.807) is 0 Å². The van der Waals surface area contributed by atoms with Gasteiger partial charge >= 0.3 is 20.0 Å². The summed E-state index contributed by atoms with van der Waals surface area (Å²) in [5.74, 6) is 0. The summed E-state index contributed by atoms with van der Waals surface area (Å²) >= 11 is 0. The lowest BCUT2D eigenvalue weighted by Gasteiger charge is -2.24. The molecule has 2 aliphatic heterocycles. The molecule has 4 N–H and O–H groups in total. The molecule has 18 heteroatoms. The van der Waals surface area contributed by atoms with E-state index in [0.717, 1.165) is 0 Å². The smallest absolute Gasteiger partial charge is 0.333 e. The molecule has 2 fully saturated rings. The third-order valence-corrected chi connectivity index (χ3v) is 7.65. The molecule has 0 spiro atoms. The van der Waals surface area contributed by atoms with E-state index < -0.39 is 74.6 Å². The lowest BCUT2D eigenvalue weighted by molar-refractivity contribution is -0.0543. The van der Waals surface area contributed by atoms with Crippen LogP contribution in [0.25, 0.3) is 0 Å². The van der Waals surface area contributed by atoms with Crippen molar-refractivity contribution in [1.82, 2.24) is 19.1 Å². The number of hydrogen-bond donors (Lipinski definition) is 4.